The standard InChI is InChI=1S/C19H30N4O2/c1-13-20-18(25-22-13)16-7-4-10-23(12-16)19(24)21-17-9-8-14-5-2-3-6-15(14)11-17/h14-17H,2-12H2,1H3,(H,21,24)/t14-,15+,16-,17-/m1/s1. The van der Waals surface area contributed by atoms with Crippen molar-refractivity contribution in [3.05, 3.63) is 11.7 Å². The Morgan fingerprint density at radius 2 is 1.96 bits per heavy atom. The minimum Gasteiger partial charge on any atom is -0.339 e. The topological polar surface area (TPSA) is 71.3 Å². The van der Waals surface area contributed by atoms with Crippen LogP contribution < -0.4 is 5.32 Å². The van der Waals surface area contributed by atoms with Gasteiger partial charge in [-0.1, -0.05) is 30.8 Å². The maximum absolute atomic E-state index is 12.8. The molecule has 4 atom stereocenters. The van der Waals surface area contributed by atoms with Crippen molar-refractivity contribution < 1.29 is 9.32 Å². The molecule has 0 bridgehead atoms. The van der Waals surface area contributed by atoms with E-state index in [-0.39, 0.29) is 11.9 Å². The van der Waals surface area contributed by atoms with Gasteiger partial charge < -0.3 is 14.7 Å². The van der Waals surface area contributed by atoms with Crippen LogP contribution in [0.2, 0.25) is 0 Å². The molecule has 1 aromatic heterocycles. The zero-order valence-electron chi connectivity index (χ0n) is 15.2. The van der Waals surface area contributed by atoms with Gasteiger partial charge in [-0.25, -0.2) is 4.79 Å². The summed E-state index contributed by atoms with van der Waals surface area (Å²) in [5, 5.41) is 7.21. The van der Waals surface area contributed by atoms with Gasteiger partial charge >= 0.3 is 6.03 Å². The lowest BCUT2D eigenvalue weighted by atomic mass is 9.69. The summed E-state index contributed by atoms with van der Waals surface area (Å²) in [7, 11) is 0. The molecule has 25 heavy (non-hydrogen) atoms. The molecule has 1 aromatic rings. The summed E-state index contributed by atoms with van der Waals surface area (Å²) in [5.74, 6) is 3.28. The summed E-state index contributed by atoms with van der Waals surface area (Å²) in [6, 6.07) is 0.457. The van der Waals surface area contributed by atoms with E-state index >= 15 is 0 Å². The Labute approximate surface area is 149 Å². The summed E-state index contributed by atoms with van der Waals surface area (Å²) in [4.78, 5) is 19.1. The summed E-state index contributed by atoms with van der Waals surface area (Å²) >= 11 is 0. The predicted molar refractivity (Wildman–Crippen MR) is 94.2 cm³/mol. The van der Waals surface area contributed by atoms with Crippen molar-refractivity contribution in [3.8, 4) is 0 Å². The fraction of sp³-hybridized carbons (Fsp3) is 0.842. The van der Waals surface area contributed by atoms with E-state index in [2.05, 4.69) is 15.5 Å². The van der Waals surface area contributed by atoms with Crippen LogP contribution in [0, 0.1) is 18.8 Å². The first-order valence-corrected chi connectivity index (χ1v) is 10.0. The number of likely N-dealkylation sites (tertiary alicyclic amines) is 1. The van der Waals surface area contributed by atoms with E-state index in [1.165, 1.54) is 38.5 Å². The lowest BCUT2D eigenvalue weighted by molar-refractivity contribution is 0.132. The summed E-state index contributed by atoms with van der Waals surface area (Å²) in [5.41, 5.74) is 0. The van der Waals surface area contributed by atoms with Gasteiger partial charge in [-0.05, 0) is 50.9 Å². The summed E-state index contributed by atoms with van der Waals surface area (Å²) in [6.07, 6.45) is 11.2. The normalized spacial score (nSPS) is 32.9. The van der Waals surface area contributed by atoms with Crippen LogP contribution in [0.25, 0.3) is 0 Å². The first-order valence-electron chi connectivity index (χ1n) is 10.0. The Bertz CT molecular complexity index is 602. The average Bonchev–Trinajstić information content (AvgIpc) is 3.08. The number of rotatable bonds is 2. The van der Waals surface area contributed by atoms with E-state index in [9.17, 15) is 4.79 Å². The van der Waals surface area contributed by atoms with E-state index < -0.39 is 0 Å². The summed E-state index contributed by atoms with van der Waals surface area (Å²) < 4.78 is 5.32. The molecule has 0 radical (unpaired) electrons. The van der Waals surface area contributed by atoms with Crippen LogP contribution in [0.4, 0.5) is 4.79 Å². The maximum atomic E-state index is 12.8. The molecule has 138 valence electrons. The number of hydrogen-bond acceptors (Lipinski definition) is 4. The second-order valence-corrected chi connectivity index (χ2v) is 8.23. The van der Waals surface area contributed by atoms with Gasteiger partial charge in [0.1, 0.15) is 0 Å². The maximum Gasteiger partial charge on any atom is 0.317 e. The molecule has 6 nitrogen and oxygen atoms in total. The molecule has 0 unspecified atom stereocenters. The number of amides is 2. The number of fused-ring (bicyclic) bond motifs is 1. The van der Waals surface area contributed by atoms with Crippen molar-refractivity contribution in [1.82, 2.24) is 20.4 Å². The molecule has 3 fully saturated rings. The first-order chi connectivity index (χ1) is 12.2. The number of aromatic nitrogens is 2. The Morgan fingerprint density at radius 3 is 2.76 bits per heavy atom. The molecule has 2 aliphatic carbocycles. The number of urea groups is 1. The predicted octanol–water partition coefficient (Wildman–Crippen LogP) is 3.63. The molecule has 1 aliphatic heterocycles. The molecule has 2 saturated carbocycles. The third-order valence-corrected chi connectivity index (χ3v) is 6.47. The molecule has 1 N–H and O–H groups in total. The van der Waals surface area contributed by atoms with Gasteiger partial charge in [0.05, 0.1) is 5.92 Å². The van der Waals surface area contributed by atoms with Crippen LogP contribution in [0.3, 0.4) is 0 Å². The lowest BCUT2D eigenvalue weighted by Gasteiger charge is -2.40. The number of nitrogens with zero attached hydrogens (tertiary/aromatic N) is 3. The van der Waals surface area contributed by atoms with Crippen molar-refractivity contribution in [3.63, 3.8) is 0 Å². The van der Waals surface area contributed by atoms with Gasteiger partial charge in [-0.3, -0.25) is 0 Å². The van der Waals surface area contributed by atoms with Gasteiger partial charge in [0, 0.05) is 19.1 Å². The van der Waals surface area contributed by atoms with Crippen LogP contribution in [0.15, 0.2) is 4.52 Å². The molecule has 1 saturated heterocycles. The highest BCUT2D eigenvalue weighted by molar-refractivity contribution is 5.74. The van der Waals surface area contributed by atoms with Crippen molar-refractivity contribution in [2.45, 2.75) is 76.7 Å². The summed E-state index contributed by atoms with van der Waals surface area (Å²) in [6.45, 7) is 3.35. The van der Waals surface area contributed by atoms with E-state index in [1.54, 1.807) is 0 Å². The number of carbonyl (C=O) groups is 1. The Kier molecular flexibility index (Phi) is 4.95. The molecule has 2 heterocycles. The van der Waals surface area contributed by atoms with Crippen molar-refractivity contribution >= 4 is 6.03 Å². The number of piperidine rings is 1. The number of aryl methyl sites for hydroxylation is 1. The molecular formula is C19H30N4O2. The Balaban J connectivity index is 1.31. The highest BCUT2D eigenvalue weighted by Gasteiger charge is 2.34. The van der Waals surface area contributed by atoms with Gasteiger partial charge in [0.15, 0.2) is 5.82 Å². The largest absolute Gasteiger partial charge is 0.339 e. The van der Waals surface area contributed by atoms with Crippen LogP contribution in [-0.2, 0) is 0 Å². The molecule has 3 aliphatic rings. The lowest BCUT2D eigenvalue weighted by Crippen LogP contribution is -2.50. The van der Waals surface area contributed by atoms with E-state index in [0.29, 0.717) is 24.3 Å². The Hall–Kier alpha value is -1.59. The van der Waals surface area contributed by atoms with Gasteiger partial charge in [-0.15, -0.1) is 0 Å². The number of nitrogens with one attached hydrogen (secondary N) is 1. The minimum absolute atomic E-state index is 0.0974. The molecule has 0 aromatic carbocycles. The third-order valence-electron chi connectivity index (χ3n) is 6.47. The fourth-order valence-electron chi connectivity index (χ4n) is 5.11. The Morgan fingerprint density at radius 1 is 1.12 bits per heavy atom. The van der Waals surface area contributed by atoms with Gasteiger partial charge in [-0.2, -0.15) is 4.98 Å². The van der Waals surface area contributed by atoms with Gasteiger partial charge in [0.2, 0.25) is 5.89 Å². The van der Waals surface area contributed by atoms with Crippen LogP contribution in [-0.4, -0.2) is 40.2 Å². The van der Waals surface area contributed by atoms with E-state index in [4.69, 9.17) is 4.52 Å². The van der Waals surface area contributed by atoms with Crippen molar-refractivity contribution in [1.29, 1.82) is 0 Å². The minimum atomic E-state index is 0.0974. The fourth-order valence-corrected chi connectivity index (χ4v) is 5.11. The second-order valence-electron chi connectivity index (χ2n) is 8.23. The molecule has 4 rings (SSSR count). The third kappa shape index (κ3) is 3.82. The van der Waals surface area contributed by atoms with Crippen LogP contribution >= 0.6 is 0 Å². The SMILES string of the molecule is Cc1noc([C@@H]2CCCN(C(=O)N[C@@H]3CC[C@H]4CCCC[C@H]4C3)C2)n1. The monoisotopic (exact) mass is 346 g/mol. The van der Waals surface area contributed by atoms with Crippen molar-refractivity contribution in [2.24, 2.45) is 11.8 Å². The zero-order valence-corrected chi connectivity index (χ0v) is 15.2. The molecule has 0 spiro atoms. The van der Waals surface area contributed by atoms with Crippen LogP contribution in [0.1, 0.15) is 75.4 Å². The average molecular weight is 346 g/mol. The quantitative estimate of drug-likeness (QED) is 0.888. The highest BCUT2D eigenvalue weighted by Crippen LogP contribution is 2.40. The molecular weight excluding hydrogens is 316 g/mol. The van der Waals surface area contributed by atoms with Gasteiger partial charge in [0.25, 0.3) is 0 Å². The van der Waals surface area contributed by atoms with Crippen LogP contribution in [0.5, 0.6) is 0 Å². The highest BCUT2D eigenvalue weighted by atomic mass is 16.5. The van der Waals surface area contributed by atoms with E-state index in [1.807, 2.05) is 11.8 Å². The molecule has 6 heteroatoms. The second kappa shape index (κ2) is 7.34. The number of hydrogen-bond donors (Lipinski definition) is 1. The number of carbonyl (C=O) groups excluding carboxylic acids is 1. The van der Waals surface area contributed by atoms with E-state index in [0.717, 1.165) is 37.6 Å². The first kappa shape index (κ1) is 16.9. The smallest absolute Gasteiger partial charge is 0.317 e. The molecule has 2 amide bonds. The van der Waals surface area contributed by atoms with Crippen molar-refractivity contribution in [2.75, 3.05) is 13.1 Å². The zero-order chi connectivity index (χ0) is 17.2.